The lowest BCUT2D eigenvalue weighted by Gasteiger charge is -1.94. The van der Waals surface area contributed by atoms with E-state index in [1.807, 2.05) is 25.2 Å². The van der Waals surface area contributed by atoms with Gasteiger partial charge in [0, 0.05) is 11.4 Å². The largest absolute Gasteiger partial charge is 0.316 e. The molecule has 0 aliphatic rings. The van der Waals surface area contributed by atoms with Crippen LogP contribution in [0.1, 0.15) is 5.56 Å². The van der Waals surface area contributed by atoms with Gasteiger partial charge in [0.2, 0.25) is 0 Å². The van der Waals surface area contributed by atoms with Crippen molar-refractivity contribution in [2.45, 2.75) is 4.90 Å². The molecule has 0 aromatic heterocycles. The molecule has 0 atom stereocenters. The van der Waals surface area contributed by atoms with Crippen LogP contribution in [0.4, 0.5) is 0 Å². The molecule has 0 radical (unpaired) electrons. The van der Waals surface area contributed by atoms with Crippen LogP contribution in [0.3, 0.4) is 0 Å². The van der Waals surface area contributed by atoms with Crippen LogP contribution in [0.25, 0.3) is 6.08 Å². The number of rotatable bonds is 3. The van der Waals surface area contributed by atoms with E-state index in [0.717, 1.165) is 11.4 Å². The second-order valence-corrected chi connectivity index (χ2v) is 3.07. The maximum absolute atomic E-state index is 4.25. The predicted molar refractivity (Wildman–Crippen MR) is 56.7 cm³/mol. The van der Waals surface area contributed by atoms with Gasteiger partial charge in [-0.05, 0) is 24.7 Å². The third kappa shape index (κ3) is 3.11. The Bertz CT molecular complexity index is 268. The van der Waals surface area contributed by atoms with Crippen LogP contribution in [0, 0.1) is 0 Å². The second kappa shape index (κ2) is 5.01. The van der Waals surface area contributed by atoms with Gasteiger partial charge in [0.1, 0.15) is 0 Å². The minimum Gasteiger partial charge on any atom is -0.316 e. The maximum atomic E-state index is 4.25. The molecule has 0 amide bonds. The van der Waals surface area contributed by atoms with Gasteiger partial charge in [-0.3, -0.25) is 0 Å². The fourth-order valence-electron chi connectivity index (χ4n) is 0.941. The monoisotopic (exact) mass is 179 g/mol. The summed E-state index contributed by atoms with van der Waals surface area (Å²) in [7, 11) is 1.93. The molecular formula is C10H13NS. The summed E-state index contributed by atoms with van der Waals surface area (Å²) in [5.41, 5.74) is 1.19. The fraction of sp³-hybridized carbons (Fsp3) is 0.200. The van der Waals surface area contributed by atoms with Crippen LogP contribution in [0.5, 0.6) is 0 Å². The molecule has 1 N–H and O–H groups in total. The number of benzene rings is 1. The smallest absolute Gasteiger partial charge is 0.0135 e. The topological polar surface area (TPSA) is 12.0 Å². The first-order valence-corrected chi connectivity index (χ1v) is 4.38. The van der Waals surface area contributed by atoms with Crippen molar-refractivity contribution in [1.82, 2.24) is 5.32 Å². The number of hydrogen-bond acceptors (Lipinski definition) is 2. The minimum absolute atomic E-state index is 0.900. The van der Waals surface area contributed by atoms with Gasteiger partial charge in [0.25, 0.3) is 0 Å². The van der Waals surface area contributed by atoms with Crippen molar-refractivity contribution in [2.75, 3.05) is 13.6 Å². The van der Waals surface area contributed by atoms with Gasteiger partial charge < -0.3 is 5.32 Å². The Labute approximate surface area is 78.9 Å². The van der Waals surface area contributed by atoms with E-state index in [4.69, 9.17) is 0 Å². The Morgan fingerprint density at radius 2 is 2.33 bits per heavy atom. The average Bonchev–Trinajstić information content (AvgIpc) is 2.05. The molecule has 1 rings (SSSR count). The van der Waals surface area contributed by atoms with E-state index in [1.54, 1.807) is 0 Å². The normalized spacial score (nSPS) is 10.8. The standard InChI is InChI=1S/C10H13NS/c1-11-7-3-5-9-4-2-6-10(12)8-9/h2-6,8,11-12H,7H2,1H3. The molecule has 1 aromatic rings. The maximum Gasteiger partial charge on any atom is 0.0135 e. The average molecular weight is 179 g/mol. The summed E-state index contributed by atoms with van der Waals surface area (Å²) in [6.45, 7) is 0.900. The summed E-state index contributed by atoms with van der Waals surface area (Å²) in [4.78, 5) is 1.00. The molecule has 2 heteroatoms. The van der Waals surface area contributed by atoms with Crippen molar-refractivity contribution in [3.05, 3.63) is 35.9 Å². The highest BCUT2D eigenvalue weighted by Crippen LogP contribution is 2.09. The Morgan fingerprint density at radius 1 is 1.50 bits per heavy atom. The van der Waals surface area contributed by atoms with Gasteiger partial charge in [-0.25, -0.2) is 0 Å². The van der Waals surface area contributed by atoms with Crippen LogP contribution >= 0.6 is 12.6 Å². The molecule has 0 spiro atoms. The van der Waals surface area contributed by atoms with Crippen molar-refractivity contribution in [1.29, 1.82) is 0 Å². The summed E-state index contributed by atoms with van der Waals surface area (Å²) in [5.74, 6) is 0. The van der Waals surface area contributed by atoms with Crippen molar-refractivity contribution in [2.24, 2.45) is 0 Å². The zero-order valence-electron chi connectivity index (χ0n) is 7.12. The Balaban J connectivity index is 2.63. The van der Waals surface area contributed by atoms with Gasteiger partial charge in [-0.1, -0.05) is 24.3 Å². The number of likely N-dealkylation sites (N-methyl/N-ethyl adjacent to an activating group) is 1. The summed E-state index contributed by atoms with van der Waals surface area (Å²) < 4.78 is 0. The van der Waals surface area contributed by atoms with Crippen molar-refractivity contribution in [3.63, 3.8) is 0 Å². The highest BCUT2D eigenvalue weighted by atomic mass is 32.1. The SMILES string of the molecule is CNCC=Cc1cccc(S)c1. The molecule has 0 bridgehead atoms. The molecule has 1 aromatic carbocycles. The zero-order chi connectivity index (χ0) is 8.81. The summed E-state index contributed by atoms with van der Waals surface area (Å²) in [6, 6.07) is 8.07. The Kier molecular flexibility index (Phi) is 3.91. The lowest BCUT2D eigenvalue weighted by molar-refractivity contribution is 0.922. The van der Waals surface area contributed by atoms with Crippen LogP contribution in [-0.2, 0) is 0 Å². The highest BCUT2D eigenvalue weighted by molar-refractivity contribution is 7.80. The van der Waals surface area contributed by atoms with E-state index >= 15 is 0 Å². The van der Waals surface area contributed by atoms with Crippen LogP contribution in [-0.4, -0.2) is 13.6 Å². The van der Waals surface area contributed by atoms with Gasteiger partial charge in [0.05, 0.1) is 0 Å². The first kappa shape index (κ1) is 9.36. The Morgan fingerprint density at radius 3 is 3.00 bits per heavy atom. The van der Waals surface area contributed by atoms with Crippen molar-refractivity contribution in [3.8, 4) is 0 Å². The lowest BCUT2D eigenvalue weighted by Crippen LogP contribution is -2.03. The van der Waals surface area contributed by atoms with Gasteiger partial charge in [-0.15, -0.1) is 12.6 Å². The van der Waals surface area contributed by atoms with E-state index in [9.17, 15) is 0 Å². The summed E-state index contributed by atoms with van der Waals surface area (Å²) in [5, 5.41) is 3.05. The van der Waals surface area contributed by atoms with Crippen molar-refractivity contribution >= 4 is 18.7 Å². The molecule has 0 saturated heterocycles. The van der Waals surface area contributed by atoms with Crippen molar-refractivity contribution < 1.29 is 0 Å². The molecular weight excluding hydrogens is 166 g/mol. The van der Waals surface area contributed by atoms with Gasteiger partial charge in [0.15, 0.2) is 0 Å². The van der Waals surface area contributed by atoms with Gasteiger partial charge >= 0.3 is 0 Å². The first-order chi connectivity index (χ1) is 5.83. The Hall–Kier alpha value is -0.730. The number of hydrogen-bond donors (Lipinski definition) is 2. The van der Waals surface area contributed by atoms with E-state index in [1.165, 1.54) is 5.56 Å². The molecule has 0 saturated carbocycles. The van der Waals surface area contributed by atoms with Crippen LogP contribution in [0.15, 0.2) is 35.2 Å². The fourth-order valence-corrected chi connectivity index (χ4v) is 1.18. The van der Waals surface area contributed by atoms with E-state index < -0.39 is 0 Å². The van der Waals surface area contributed by atoms with E-state index in [-0.39, 0.29) is 0 Å². The number of nitrogens with one attached hydrogen (secondary N) is 1. The lowest BCUT2D eigenvalue weighted by atomic mass is 10.2. The molecule has 1 nitrogen and oxygen atoms in total. The molecule has 64 valence electrons. The third-order valence-electron chi connectivity index (χ3n) is 1.50. The first-order valence-electron chi connectivity index (χ1n) is 3.93. The summed E-state index contributed by atoms with van der Waals surface area (Å²) >= 11 is 4.25. The molecule has 0 unspecified atom stereocenters. The predicted octanol–water partition coefficient (Wildman–Crippen LogP) is 2.21. The molecule has 0 aliphatic heterocycles. The van der Waals surface area contributed by atoms with E-state index in [0.29, 0.717) is 0 Å². The third-order valence-corrected chi connectivity index (χ3v) is 1.78. The zero-order valence-corrected chi connectivity index (χ0v) is 8.01. The van der Waals surface area contributed by atoms with Crippen LogP contribution < -0.4 is 5.32 Å². The molecule has 12 heavy (non-hydrogen) atoms. The molecule has 0 aliphatic carbocycles. The van der Waals surface area contributed by atoms with E-state index in [2.05, 4.69) is 36.2 Å². The van der Waals surface area contributed by atoms with Crippen LogP contribution in [0.2, 0.25) is 0 Å². The minimum atomic E-state index is 0.900. The highest BCUT2D eigenvalue weighted by Gasteiger charge is 1.86. The van der Waals surface area contributed by atoms with Gasteiger partial charge in [-0.2, -0.15) is 0 Å². The summed E-state index contributed by atoms with van der Waals surface area (Å²) in [6.07, 6.45) is 4.17. The quantitative estimate of drug-likeness (QED) is 0.678. The number of thiol groups is 1. The second-order valence-electron chi connectivity index (χ2n) is 2.56. The molecule has 0 heterocycles. The molecule has 0 fully saturated rings.